The zero-order valence-corrected chi connectivity index (χ0v) is 10.7. The van der Waals surface area contributed by atoms with Gasteiger partial charge in [0, 0.05) is 33.3 Å². The normalized spacial score (nSPS) is 14.9. The van der Waals surface area contributed by atoms with Crippen LogP contribution < -0.4 is 10.6 Å². The second-order valence-electron chi connectivity index (χ2n) is 3.92. The molecule has 7 heteroatoms. The van der Waals surface area contributed by atoms with Gasteiger partial charge in [0.25, 0.3) is 0 Å². The van der Waals surface area contributed by atoms with E-state index in [-0.39, 0.29) is 24.2 Å². The molecule has 0 spiro atoms. The van der Waals surface area contributed by atoms with Gasteiger partial charge in [-0.3, -0.25) is 9.48 Å². The van der Waals surface area contributed by atoms with Crippen molar-refractivity contribution in [2.24, 2.45) is 13.0 Å². The van der Waals surface area contributed by atoms with Crippen LogP contribution in [0.2, 0.25) is 0 Å². The van der Waals surface area contributed by atoms with Crippen LogP contribution >= 0.6 is 12.4 Å². The lowest BCUT2D eigenvalue weighted by molar-refractivity contribution is -0.121. The molecule has 17 heavy (non-hydrogen) atoms. The predicted octanol–water partition coefficient (Wildman–Crippen LogP) is 0.146. The number of ether oxygens (including phenoxy) is 1. The Kier molecular flexibility index (Phi) is 4.92. The smallest absolute Gasteiger partial charge is 0.231 e. The second-order valence-corrected chi connectivity index (χ2v) is 3.92. The number of amides is 1. The third-order valence-electron chi connectivity index (χ3n) is 2.67. The molecule has 0 unspecified atom stereocenters. The summed E-state index contributed by atoms with van der Waals surface area (Å²) in [6.45, 7) is 2.00. The Morgan fingerprint density at radius 2 is 2.41 bits per heavy atom. The summed E-state index contributed by atoms with van der Waals surface area (Å²) in [6, 6.07) is 1.83. The van der Waals surface area contributed by atoms with E-state index in [1.807, 2.05) is 13.1 Å². The maximum absolute atomic E-state index is 11.6. The molecule has 0 atom stereocenters. The molecule has 1 fully saturated rings. The summed E-state index contributed by atoms with van der Waals surface area (Å²) in [5.41, 5.74) is 0.935. The highest BCUT2D eigenvalue weighted by Crippen LogP contribution is 2.12. The summed E-state index contributed by atoms with van der Waals surface area (Å²) >= 11 is 0. The fraction of sp³-hybridized carbons (Fsp3) is 0.600. The summed E-state index contributed by atoms with van der Waals surface area (Å²) < 4.78 is 6.73. The van der Waals surface area contributed by atoms with E-state index in [1.54, 1.807) is 11.8 Å². The number of aryl methyl sites for hydroxylation is 1. The molecule has 0 radical (unpaired) electrons. The second kappa shape index (κ2) is 6.00. The molecule has 96 valence electrons. The van der Waals surface area contributed by atoms with Crippen molar-refractivity contribution in [1.29, 1.82) is 0 Å². The molecule has 0 saturated carbocycles. The van der Waals surface area contributed by atoms with Gasteiger partial charge in [-0.2, -0.15) is 5.10 Å². The topological polar surface area (TPSA) is 68.2 Å². The van der Waals surface area contributed by atoms with Crippen molar-refractivity contribution < 1.29 is 9.53 Å². The first kappa shape index (κ1) is 14.0. The third kappa shape index (κ3) is 3.18. The largest absolute Gasteiger partial charge is 0.378 e. The Morgan fingerprint density at radius 1 is 1.71 bits per heavy atom. The first-order valence-corrected chi connectivity index (χ1v) is 5.24. The van der Waals surface area contributed by atoms with Crippen molar-refractivity contribution in [1.82, 2.24) is 15.1 Å². The number of hydrogen-bond acceptors (Lipinski definition) is 4. The zero-order chi connectivity index (χ0) is 11.5. The number of carbonyl (C=O) groups is 1. The van der Waals surface area contributed by atoms with Crippen molar-refractivity contribution in [3.8, 4) is 0 Å². The van der Waals surface area contributed by atoms with Crippen molar-refractivity contribution in [2.45, 2.75) is 6.61 Å². The summed E-state index contributed by atoms with van der Waals surface area (Å²) in [5, 5.41) is 10.0. The molecular weight excluding hydrogens is 244 g/mol. The van der Waals surface area contributed by atoms with Crippen LogP contribution in [0, 0.1) is 5.92 Å². The van der Waals surface area contributed by atoms with Gasteiger partial charge in [-0.05, 0) is 0 Å². The van der Waals surface area contributed by atoms with E-state index in [0.717, 1.165) is 18.8 Å². The van der Waals surface area contributed by atoms with Crippen LogP contribution in [-0.4, -0.2) is 35.9 Å². The average Bonchev–Trinajstić information content (AvgIpc) is 2.44. The molecule has 2 rings (SSSR count). The molecule has 1 aromatic rings. The molecule has 1 amide bonds. The van der Waals surface area contributed by atoms with Crippen LogP contribution in [0.1, 0.15) is 5.69 Å². The van der Waals surface area contributed by atoms with Crippen molar-refractivity contribution >= 4 is 24.1 Å². The predicted molar refractivity (Wildman–Crippen MR) is 66.2 cm³/mol. The van der Waals surface area contributed by atoms with Crippen molar-refractivity contribution in [3.63, 3.8) is 0 Å². The molecule has 0 aromatic carbocycles. The highest BCUT2D eigenvalue weighted by atomic mass is 35.5. The lowest BCUT2D eigenvalue weighted by Crippen LogP contribution is -2.48. The van der Waals surface area contributed by atoms with Gasteiger partial charge in [0.2, 0.25) is 5.91 Å². The van der Waals surface area contributed by atoms with Crippen LogP contribution in [0.3, 0.4) is 0 Å². The van der Waals surface area contributed by atoms with Gasteiger partial charge in [-0.25, -0.2) is 0 Å². The average molecular weight is 261 g/mol. The molecule has 2 N–H and O–H groups in total. The van der Waals surface area contributed by atoms with E-state index in [9.17, 15) is 4.79 Å². The van der Waals surface area contributed by atoms with Crippen LogP contribution in [0.5, 0.6) is 0 Å². The summed E-state index contributed by atoms with van der Waals surface area (Å²) in [4.78, 5) is 11.6. The van der Waals surface area contributed by atoms with Crippen LogP contribution in [-0.2, 0) is 23.2 Å². The van der Waals surface area contributed by atoms with Gasteiger partial charge < -0.3 is 15.4 Å². The highest BCUT2D eigenvalue weighted by Gasteiger charge is 2.25. The maximum atomic E-state index is 11.6. The number of hydrogen-bond donors (Lipinski definition) is 2. The van der Waals surface area contributed by atoms with E-state index in [1.165, 1.54) is 0 Å². The molecule has 0 aliphatic carbocycles. The lowest BCUT2D eigenvalue weighted by Gasteiger charge is -2.25. The molecule has 1 saturated heterocycles. The van der Waals surface area contributed by atoms with Crippen molar-refractivity contribution in [2.75, 3.05) is 25.5 Å². The van der Waals surface area contributed by atoms with E-state index >= 15 is 0 Å². The minimum absolute atomic E-state index is 0. The molecule has 1 aliphatic rings. The Labute approximate surface area is 106 Å². The van der Waals surface area contributed by atoms with Crippen molar-refractivity contribution in [3.05, 3.63) is 11.8 Å². The molecule has 6 nitrogen and oxygen atoms in total. The first-order chi connectivity index (χ1) is 7.70. The fourth-order valence-electron chi connectivity index (χ4n) is 1.55. The van der Waals surface area contributed by atoms with Gasteiger partial charge in [0.1, 0.15) is 0 Å². The van der Waals surface area contributed by atoms with Gasteiger partial charge >= 0.3 is 0 Å². The van der Waals surface area contributed by atoms with Gasteiger partial charge in [-0.15, -0.1) is 12.4 Å². The van der Waals surface area contributed by atoms with Crippen LogP contribution in [0.25, 0.3) is 0 Å². The SMILES string of the molecule is COCc1cc(NC(=O)C2CNC2)nn1C.Cl. The Hall–Kier alpha value is -1.11. The number of aromatic nitrogens is 2. The van der Waals surface area contributed by atoms with E-state index in [2.05, 4.69) is 15.7 Å². The molecule has 1 aliphatic heterocycles. The van der Waals surface area contributed by atoms with E-state index in [4.69, 9.17) is 4.74 Å². The van der Waals surface area contributed by atoms with E-state index < -0.39 is 0 Å². The van der Waals surface area contributed by atoms with Crippen LogP contribution in [0.15, 0.2) is 6.07 Å². The molecular formula is C10H17ClN4O2. The Morgan fingerprint density at radius 3 is 2.94 bits per heavy atom. The number of anilines is 1. The van der Waals surface area contributed by atoms with Gasteiger partial charge in [0.15, 0.2) is 5.82 Å². The molecule has 2 heterocycles. The monoisotopic (exact) mass is 260 g/mol. The Balaban J connectivity index is 0.00000144. The minimum Gasteiger partial charge on any atom is -0.378 e. The quantitative estimate of drug-likeness (QED) is 0.809. The summed E-state index contributed by atoms with van der Waals surface area (Å²) in [5.74, 6) is 0.695. The summed E-state index contributed by atoms with van der Waals surface area (Å²) in [6.07, 6.45) is 0. The molecule has 1 aromatic heterocycles. The van der Waals surface area contributed by atoms with Crippen LogP contribution in [0.4, 0.5) is 5.82 Å². The first-order valence-electron chi connectivity index (χ1n) is 5.24. The molecule has 0 bridgehead atoms. The number of methoxy groups -OCH3 is 1. The highest BCUT2D eigenvalue weighted by molar-refractivity contribution is 5.92. The number of carbonyl (C=O) groups excluding carboxylic acids is 1. The van der Waals surface area contributed by atoms with E-state index in [0.29, 0.717) is 12.4 Å². The number of halogens is 1. The van der Waals surface area contributed by atoms with Gasteiger partial charge in [0.05, 0.1) is 18.2 Å². The summed E-state index contributed by atoms with van der Waals surface area (Å²) in [7, 11) is 3.46. The maximum Gasteiger partial charge on any atom is 0.231 e. The lowest BCUT2D eigenvalue weighted by atomic mass is 10.0. The zero-order valence-electron chi connectivity index (χ0n) is 9.90. The standard InChI is InChI=1S/C10H16N4O2.ClH/c1-14-8(6-16-2)3-9(13-14)12-10(15)7-4-11-5-7;/h3,7,11H,4-6H2,1-2H3,(H,12,13,15);1H. The number of rotatable bonds is 4. The Bertz CT molecular complexity index is 390. The number of nitrogens with zero attached hydrogens (tertiary/aromatic N) is 2. The third-order valence-corrected chi connectivity index (χ3v) is 2.67. The minimum atomic E-state index is 0. The fourth-order valence-corrected chi connectivity index (χ4v) is 1.55. The number of nitrogens with one attached hydrogen (secondary N) is 2. The van der Waals surface area contributed by atoms with Gasteiger partial charge in [-0.1, -0.05) is 0 Å².